The van der Waals surface area contributed by atoms with Crippen LogP contribution in [0.5, 0.6) is 0 Å². The molecular weight excluding hydrogens is 335 g/mol. The Hall–Kier alpha value is -2.61. The Morgan fingerprint density at radius 1 is 1.26 bits per heavy atom. The van der Waals surface area contributed by atoms with E-state index in [2.05, 4.69) is 10.1 Å². The van der Waals surface area contributed by atoms with Crippen LogP contribution in [0.1, 0.15) is 15.9 Å². The summed E-state index contributed by atoms with van der Waals surface area (Å²) in [6, 6.07) is 5.98. The molecule has 1 aromatic carbocycles. The standard InChI is InChI=1S/C14H7ClF3N3O2/c15-11-5-8(13(22)23)12-19-10(6-21(12)20-11)7-3-1-2-4-9(7)14(16,17)18/h1-6H,(H,22,23). The highest BCUT2D eigenvalue weighted by molar-refractivity contribution is 6.29. The fraction of sp³-hybridized carbons (Fsp3) is 0.0714. The molecule has 0 unspecified atom stereocenters. The van der Waals surface area contributed by atoms with Gasteiger partial charge in [0, 0.05) is 5.56 Å². The molecule has 0 saturated heterocycles. The van der Waals surface area contributed by atoms with Gasteiger partial charge >= 0.3 is 12.1 Å². The lowest BCUT2D eigenvalue weighted by Crippen LogP contribution is -2.06. The second-order valence-corrected chi connectivity index (χ2v) is 5.01. The number of fused-ring (bicyclic) bond motifs is 1. The number of rotatable bonds is 2. The van der Waals surface area contributed by atoms with Gasteiger partial charge in [-0.3, -0.25) is 0 Å². The van der Waals surface area contributed by atoms with E-state index in [1.807, 2.05) is 0 Å². The van der Waals surface area contributed by atoms with Crippen molar-refractivity contribution in [3.63, 3.8) is 0 Å². The van der Waals surface area contributed by atoms with Crippen LogP contribution in [-0.4, -0.2) is 25.7 Å². The second-order valence-electron chi connectivity index (χ2n) is 4.62. The van der Waals surface area contributed by atoms with Gasteiger partial charge in [0.05, 0.1) is 17.5 Å². The van der Waals surface area contributed by atoms with Gasteiger partial charge in [0.1, 0.15) is 5.56 Å². The molecule has 3 aromatic rings. The van der Waals surface area contributed by atoms with Crippen LogP contribution in [-0.2, 0) is 6.18 Å². The zero-order chi connectivity index (χ0) is 16.8. The predicted octanol–water partition coefficient (Wildman–Crippen LogP) is 3.77. The van der Waals surface area contributed by atoms with E-state index in [1.54, 1.807) is 0 Å². The number of aromatic nitrogens is 3. The third-order valence-corrected chi connectivity index (χ3v) is 3.32. The van der Waals surface area contributed by atoms with E-state index in [9.17, 15) is 18.0 Å². The Morgan fingerprint density at radius 2 is 1.96 bits per heavy atom. The Balaban J connectivity index is 2.28. The summed E-state index contributed by atoms with van der Waals surface area (Å²) in [4.78, 5) is 15.2. The highest BCUT2D eigenvalue weighted by Crippen LogP contribution is 2.36. The molecule has 0 saturated carbocycles. The van der Waals surface area contributed by atoms with E-state index in [-0.39, 0.29) is 27.6 Å². The zero-order valence-electron chi connectivity index (χ0n) is 11.2. The number of alkyl halides is 3. The molecule has 2 aromatic heterocycles. The van der Waals surface area contributed by atoms with Gasteiger partial charge in [-0.1, -0.05) is 29.8 Å². The zero-order valence-corrected chi connectivity index (χ0v) is 11.9. The number of carbonyl (C=O) groups is 1. The summed E-state index contributed by atoms with van der Waals surface area (Å²) >= 11 is 5.72. The average Bonchev–Trinajstić information content (AvgIpc) is 2.88. The van der Waals surface area contributed by atoms with Gasteiger partial charge in [0.2, 0.25) is 0 Å². The van der Waals surface area contributed by atoms with Crippen LogP contribution in [0.4, 0.5) is 13.2 Å². The van der Waals surface area contributed by atoms with Crippen LogP contribution in [0, 0.1) is 0 Å². The summed E-state index contributed by atoms with van der Waals surface area (Å²) in [6.45, 7) is 0. The molecule has 0 aliphatic heterocycles. The van der Waals surface area contributed by atoms with E-state index in [4.69, 9.17) is 16.7 Å². The van der Waals surface area contributed by atoms with Crippen LogP contribution in [0.25, 0.3) is 16.9 Å². The molecule has 3 rings (SSSR count). The number of aromatic carboxylic acids is 1. The molecule has 118 valence electrons. The maximum atomic E-state index is 13.1. The number of carboxylic acid groups (broad SMARTS) is 1. The van der Waals surface area contributed by atoms with Gasteiger partial charge in [0.25, 0.3) is 0 Å². The third-order valence-electron chi connectivity index (χ3n) is 3.13. The number of hydrogen-bond acceptors (Lipinski definition) is 3. The quantitative estimate of drug-likeness (QED) is 0.770. The molecule has 0 amide bonds. The summed E-state index contributed by atoms with van der Waals surface area (Å²) in [5.74, 6) is -1.31. The number of hydrogen-bond donors (Lipinski definition) is 1. The molecule has 5 nitrogen and oxygen atoms in total. The highest BCUT2D eigenvalue weighted by Gasteiger charge is 2.34. The lowest BCUT2D eigenvalue weighted by atomic mass is 10.1. The maximum absolute atomic E-state index is 13.1. The van der Waals surface area contributed by atoms with Gasteiger partial charge in [-0.15, -0.1) is 0 Å². The van der Waals surface area contributed by atoms with Crippen LogP contribution < -0.4 is 0 Å². The molecule has 0 radical (unpaired) electrons. The van der Waals surface area contributed by atoms with Crippen molar-refractivity contribution >= 4 is 23.2 Å². The average molecular weight is 342 g/mol. The lowest BCUT2D eigenvalue weighted by Gasteiger charge is -2.10. The minimum atomic E-state index is -4.56. The van der Waals surface area contributed by atoms with E-state index >= 15 is 0 Å². The molecule has 0 spiro atoms. The van der Waals surface area contributed by atoms with Crippen LogP contribution in [0.15, 0.2) is 36.5 Å². The first-order valence-electron chi connectivity index (χ1n) is 6.23. The van der Waals surface area contributed by atoms with Gasteiger partial charge in [-0.05, 0) is 12.1 Å². The second kappa shape index (κ2) is 5.24. The highest BCUT2D eigenvalue weighted by atomic mass is 35.5. The molecule has 0 aliphatic carbocycles. The van der Waals surface area contributed by atoms with Gasteiger partial charge in [-0.2, -0.15) is 18.3 Å². The molecule has 0 atom stereocenters. The fourth-order valence-electron chi connectivity index (χ4n) is 2.19. The van der Waals surface area contributed by atoms with Crippen molar-refractivity contribution < 1.29 is 23.1 Å². The third kappa shape index (κ3) is 2.72. The molecule has 0 aliphatic rings. The Labute approximate surface area is 131 Å². The molecule has 2 heterocycles. The normalized spacial score (nSPS) is 11.8. The summed E-state index contributed by atoms with van der Waals surface area (Å²) in [5.41, 5.74) is -1.42. The monoisotopic (exact) mass is 341 g/mol. The number of benzene rings is 1. The van der Waals surface area contributed by atoms with Gasteiger partial charge in [0.15, 0.2) is 10.8 Å². The molecule has 0 bridgehead atoms. The van der Waals surface area contributed by atoms with E-state index < -0.39 is 17.7 Å². The molecule has 1 N–H and O–H groups in total. The van der Waals surface area contributed by atoms with E-state index in [0.717, 1.165) is 16.6 Å². The van der Waals surface area contributed by atoms with Crippen LogP contribution in [0.2, 0.25) is 5.15 Å². The van der Waals surface area contributed by atoms with Crippen LogP contribution >= 0.6 is 11.6 Å². The minimum Gasteiger partial charge on any atom is -0.478 e. The topological polar surface area (TPSA) is 67.5 Å². The van der Waals surface area contributed by atoms with Crippen molar-refractivity contribution in [3.8, 4) is 11.3 Å². The fourth-order valence-corrected chi connectivity index (χ4v) is 2.38. The first-order valence-corrected chi connectivity index (χ1v) is 6.61. The summed E-state index contributed by atoms with van der Waals surface area (Å²) < 4.78 is 40.3. The molecule has 0 fully saturated rings. The number of imidazole rings is 1. The smallest absolute Gasteiger partial charge is 0.417 e. The maximum Gasteiger partial charge on any atom is 0.417 e. The number of carboxylic acids is 1. The predicted molar refractivity (Wildman–Crippen MR) is 75.4 cm³/mol. The summed E-state index contributed by atoms with van der Waals surface area (Å²) in [7, 11) is 0. The Kier molecular flexibility index (Phi) is 3.48. The van der Waals surface area contributed by atoms with Gasteiger partial charge < -0.3 is 5.11 Å². The molecule has 23 heavy (non-hydrogen) atoms. The van der Waals surface area contributed by atoms with Crippen molar-refractivity contribution in [2.24, 2.45) is 0 Å². The van der Waals surface area contributed by atoms with Crippen molar-refractivity contribution in [1.82, 2.24) is 14.6 Å². The van der Waals surface area contributed by atoms with E-state index in [0.29, 0.717) is 0 Å². The number of nitrogens with zero attached hydrogens (tertiary/aromatic N) is 3. The molecule has 9 heteroatoms. The summed E-state index contributed by atoms with van der Waals surface area (Å²) in [5, 5.41) is 12.9. The van der Waals surface area contributed by atoms with Crippen molar-refractivity contribution in [2.45, 2.75) is 6.18 Å². The van der Waals surface area contributed by atoms with E-state index in [1.165, 1.54) is 24.4 Å². The SMILES string of the molecule is O=C(O)c1cc(Cl)nn2cc(-c3ccccc3C(F)(F)F)nc12. The first kappa shape index (κ1) is 15.3. The number of halogens is 4. The van der Waals surface area contributed by atoms with Gasteiger partial charge in [-0.25, -0.2) is 14.3 Å². The minimum absolute atomic E-state index is 0.0461. The lowest BCUT2D eigenvalue weighted by molar-refractivity contribution is -0.137. The van der Waals surface area contributed by atoms with Crippen molar-refractivity contribution in [1.29, 1.82) is 0 Å². The van der Waals surface area contributed by atoms with Crippen molar-refractivity contribution in [3.05, 3.63) is 52.8 Å². The molecular formula is C14H7ClF3N3O2. The Morgan fingerprint density at radius 3 is 2.61 bits per heavy atom. The largest absolute Gasteiger partial charge is 0.478 e. The summed E-state index contributed by atoms with van der Waals surface area (Å²) in [6.07, 6.45) is -3.36. The van der Waals surface area contributed by atoms with Crippen molar-refractivity contribution in [2.75, 3.05) is 0 Å². The van der Waals surface area contributed by atoms with Crippen LogP contribution in [0.3, 0.4) is 0 Å². The first-order chi connectivity index (χ1) is 10.8. The Bertz CT molecular complexity index is 921.